The van der Waals surface area contributed by atoms with E-state index in [2.05, 4.69) is 5.32 Å². The summed E-state index contributed by atoms with van der Waals surface area (Å²) in [4.78, 5) is 27.3. The van der Waals surface area contributed by atoms with Crippen molar-refractivity contribution in [2.75, 3.05) is 20.6 Å². The van der Waals surface area contributed by atoms with Crippen LogP contribution in [0, 0.1) is 6.92 Å². The van der Waals surface area contributed by atoms with Gasteiger partial charge in [-0.3, -0.25) is 9.59 Å². The maximum absolute atomic E-state index is 12.1. The Bertz CT molecular complexity index is 633. The first-order valence-corrected chi connectivity index (χ1v) is 7.96. The van der Waals surface area contributed by atoms with Crippen molar-refractivity contribution >= 4 is 23.0 Å². The molecule has 4 nitrogen and oxygen atoms in total. The number of likely N-dealkylation sites (N-methyl/N-ethyl adjacent to an activating group) is 1. The first-order chi connectivity index (χ1) is 10.5. The van der Waals surface area contributed by atoms with Crippen LogP contribution in [0.5, 0.6) is 0 Å². The van der Waals surface area contributed by atoms with Crippen LogP contribution in [0.4, 0.5) is 0 Å². The molecule has 2 aromatic rings. The predicted octanol–water partition coefficient (Wildman–Crippen LogP) is 2.66. The van der Waals surface area contributed by atoms with Crippen molar-refractivity contribution in [3.8, 4) is 0 Å². The largest absolute Gasteiger partial charge is 0.347 e. The summed E-state index contributed by atoms with van der Waals surface area (Å²) in [5.74, 6) is -1.06. The summed E-state index contributed by atoms with van der Waals surface area (Å²) in [6.07, 6.45) is 0. The molecule has 0 aliphatic carbocycles. The SMILES string of the molecule is Cc1ccc(C(=O)C(=O)NCC(c2cccs2)N(C)C)cc1. The van der Waals surface area contributed by atoms with Crippen LogP contribution in [0.1, 0.15) is 26.8 Å². The molecule has 0 saturated heterocycles. The monoisotopic (exact) mass is 316 g/mol. The lowest BCUT2D eigenvalue weighted by Gasteiger charge is -2.23. The summed E-state index contributed by atoms with van der Waals surface area (Å²) < 4.78 is 0. The molecule has 5 heteroatoms. The van der Waals surface area contributed by atoms with Crippen LogP contribution in [-0.2, 0) is 4.79 Å². The first-order valence-electron chi connectivity index (χ1n) is 7.08. The fraction of sp³-hybridized carbons (Fsp3) is 0.294. The number of nitrogens with zero attached hydrogens (tertiary/aromatic N) is 1. The van der Waals surface area contributed by atoms with Crippen LogP contribution in [0.3, 0.4) is 0 Å². The molecule has 0 saturated carbocycles. The fourth-order valence-corrected chi connectivity index (χ4v) is 3.05. The van der Waals surface area contributed by atoms with Crippen molar-refractivity contribution in [2.45, 2.75) is 13.0 Å². The fourth-order valence-electron chi connectivity index (χ4n) is 2.12. The molecule has 0 radical (unpaired) electrons. The zero-order valence-electron chi connectivity index (χ0n) is 13.0. The minimum absolute atomic E-state index is 0.0646. The van der Waals surface area contributed by atoms with Gasteiger partial charge < -0.3 is 10.2 Å². The van der Waals surface area contributed by atoms with Crippen LogP contribution >= 0.6 is 11.3 Å². The second kappa shape index (κ2) is 7.33. The Morgan fingerprint density at radius 2 is 1.86 bits per heavy atom. The summed E-state index contributed by atoms with van der Waals surface area (Å²) >= 11 is 1.64. The molecule has 0 bridgehead atoms. The predicted molar refractivity (Wildman–Crippen MR) is 89.3 cm³/mol. The van der Waals surface area contributed by atoms with Crippen molar-refractivity contribution < 1.29 is 9.59 Å². The topological polar surface area (TPSA) is 49.4 Å². The van der Waals surface area contributed by atoms with Gasteiger partial charge in [0.25, 0.3) is 5.91 Å². The van der Waals surface area contributed by atoms with E-state index < -0.39 is 11.7 Å². The van der Waals surface area contributed by atoms with E-state index in [0.717, 1.165) is 10.4 Å². The normalized spacial score (nSPS) is 12.2. The van der Waals surface area contributed by atoms with Gasteiger partial charge in [0, 0.05) is 17.0 Å². The molecule has 1 atom stereocenters. The molecule has 0 fully saturated rings. The summed E-state index contributed by atoms with van der Waals surface area (Å²) in [6, 6.07) is 11.1. The average Bonchev–Trinajstić information content (AvgIpc) is 3.01. The third-order valence-corrected chi connectivity index (χ3v) is 4.44. The Morgan fingerprint density at radius 1 is 1.18 bits per heavy atom. The van der Waals surface area contributed by atoms with Crippen molar-refractivity contribution in [1.29, 1.82) is 0 Å². The molecule has 1 aromatic carbocycles. The Kier molecular flexibility index (Phi) is 5.46. The molecule has 1 aromatic heterocycles. The molecule has 0 spiro atoms. The van der Waals surface area contributed by atoms with E-state index in [1.54, 1.807) is 23.5 Å². The van der Waals surface area contributed by atoms with E-state index in [0.29, 0.717) is 12.1 Å². The molecule has 116 valence electrons. The maximum atomic E-state index is 12.1. The molecule has 2 rings (SSSR count). The number of benzene rings is 1. The van der Waals surface area contributed by atoms with E-state index in [1.165, 1.54) is 0 Å². The highest BCUT2D eigenvalue weighted by Gasteiger charge is 2.20. The molecule has 1 N–H and O–H groups in total. The lowest BCUT2D eigenvalue weighted by Crippen LogP contribution is -2.37. The Balaban J connectivity index is 1.99. The number of ketones is 1. The second-order valence-corrected chi connectivity index (χ2v) is 6.38. The third kappa shape index (κ3) is 4.02. The third-order valence-electron chi connectivity index (χ3n) is 3.47. The van der Waals surface area contributed by atoms with Gasteiger partial charge in [0.15, 0.2) is 0 Å². The lowest BCUT2D eigenvalue weighted by molar-refractivity contribution is -0.117. The highest BCUT2D eigenvalue weighted by atomic mass is 32.1. The molecule has 0 aliphatic rings. The Morgan fingerprint density at radius 3 is 2.41 bits per heavy atom. The molecular weight excluding hydrogens is 296 g/mol. The van der Waals surface area contributed by atoms with Crippen molar-refractivity contribution in [3.05, 3.63) is 57.8 Å². The number of hydrogen-bond donors (Lipinski definition) is 1. The number of amides is 1. The maximum Gasteiger partial charge on any atom is 0.292 e. The molecular formula is C17H20N2O2S. The highest BCUT2D eigenvalue weighted by molar-refractivity contribution is 7.10. The molecule has 1 heterocycles. The van der Waals surface area contributed by atoms with Crippen LogP contribution < -0.4 is 5.32 Å². The summed E-state index contributed by atoms with van der Waals surface area (Å²) in [6.45, 7) is 2.35. The van der Waals surface area contributed by atoms with Gasteiger partial charge in [-0.1, -0.05) is 35.9 Å². The van der Waals surface area contributed by atoms with Gasteiger partial charge in [-0.2, -0.15) is 0 Å². The zero-order valence-corrected chi connectivity index (χ0v) is 13.8. The molecule has 22 heavy (non-hydrogen) atoms. The van der Waals surface area contributed by atoms with Crippen LogP contribution in [0.15, 0.2) is 41.8 Å². The lowest BCUT2D eigenvalue weighted by atomic mass is 10.1. The highest BCUT2D eigenvalue weighted by Crippen LogP contribution is 2.22. The van der Waals surface area contributed by atoms with Crippen LogP contribution in [0.2, 0.25) is 0 Å². The van der Waals surface area contributed by atoms with Crippen molar-refractivity contribution in [1.82, 2.24) is 10.2 Å². The zero-order chi connectivity index (χ0) is 16.1. The van der Waals surface area contributed by atoms with E-state index in [-0.39, 0.29) is 6.04 Å². The number of carbonyl (C=O) groups is 2. The first kappa shape index (κ1) is 16.4. The Hall–Kier alpha value is -1.98. The molecule has 1 amide bonds. The summed E-state index contributed by atoms with van der Waals surface area (Å²) in [5.41, 5.74) is 1.47. The van der Waals surface area contributed by atoms with Gasteiger partial charge >= 0.3 is 0 Å². The summed E-state index contributed by atoms with van der Waals surface area (Å²) in [7, 11) is 3.91. The standard InChI is InChI=1S/C17H20N2O2S/c1-12-6-8-13(9-7-12)16(20)17(21)18-11-14(19(2)3)15-5-4-10-22-15/h4-10,14H,11H2,1-3H3,(H,18,21). The van der Waals surface area contributed by atoms with E-state index >= 15 is 0 Å². The van der Waals surface area contributed by atoms with Gasteiger partial charge in [0.05, 0.1) is 6.04 Å². The number of Topliss-reactive ketones (excluding diaryl/α,β-unsaturated/α-hetero) is 1. The smallest absolute Gasteiger partial charge is 0.292 e. The number of thiophene rings is 1. The minimum atomic E-state index is -0.563. The van der Waals surface area contributed by atoms with Gasteiger partial charge in [-0.25, -0.2) is 0 Å². The van der Waals surface area contributed by atoms with Gasteiger partial charge in [-0.15, -0.1) is 11.3 Å². The number of aryl methyl sites for hydroxylation is 1. The van der Waals surface area contributed by atoms with E-state index in [4.69, 9.17) is 0 Å². The van der Waals surface area contributed by atoms with E-state index in [1.807, 2.05) is 55.6 Å². The van der Waals surface area contributed by atoms with E-state index in [9.17, 15) is 9.59 Å². The van der Waals surface area contributed by atoms with Crippen molar-refractivity contribution in [2.24, 2.45) is 0 Å². The average molecular weight is 316 g/mol. The van der Waals surface area contributed by atoms with Crippen LogP contribution in [-0.4, -0.2) is 37.2 Å². The number of nitrogens with one attached hydrogen (secondary N) is 1. The quantitative estimate of drug-likeness (QED) is 0.658. The summed E-state index contributed by atoms with van der Waals surface area (Å²) in [5, 5.41) is 4.75. The van der Waals surface area contributed by atoms with Gasteiger partial charge in [0.1, 0.15) is 0 Å². The molecule has 0 aliphatic heterocycles. The Labute approximate surface area is 134 Å². The van der Waals surface area contributed by atoms with Gasteiger partial charge in [-0.05, 0) is 32.5 Å². The van der Waals surface area contributed by atoms with Crippen LogP contribution in [0.25, 0.3) is 0 Å². The number of hydrogen-bond acceptors (Lipinski definition) is 4. The number of carbonyl (C=O) groups excluding carboxylic acids is 2. The minimum Gasteiger partial charge on any atom is -0.347 e. The molecule has 1 unspecified atom stereocenters. The van der Waals surface area contributed by atoms with Crippen molar-refractivity contribution in [3.63, 3.8) is 0 Å². The number of rotatable bonds is 6. The van der Waals surface area contributed by atoms with Gasteiger partial charge in [0.2, 0.25) is 5.78 Å². The second-order valence-electron chi connectivity index (χ2n) is 5.40.